The van der Waals surface area contributed by atoms with Crippen molar-refractivity contribution in [1.82, 2.24) is 19.1 Å². The van der Waals surface area contributed by atoms with E-state index in [2.05, 4.69) is 9.88 Å². The lowest BCUT2D eigenvalue weighted by molar-refractivity contribution is 0.0933. The Balaban J connectivity index is 0.00000462. The van der Waals surface area contributed by atoms with E-state index in [0.717, 1.165) is 13.1 Å². The summed E-state index contributed by atoms with van der Waals surface area (Å²) in [5, 5.41) is 0.383. The van der Waals surface area contributed by atoms with Crippen molar-refractivity contribution in [1.29, 1.82) is 0 Å². The molecule has 0 spiro atoms. The van der Waals surface area contributed by atoms with Crippen molar-refractivity contribution in [2.45, 2.75) is 25.7 Å². The number of ether oxygens (including phenoxy) is 1. The number of para-hydroxylation sites is 1. The summed E-state index contributed by atoms with van der Waals surface area (Å²) in [6, 6.07) is 10.5. The Hall–Kier alpha value is -2.84. The number of piperazine rings is 1. The van der Waals surface area contributed by atoms with Crippen molar-refractivity contribution in [3.8, 4) is 0 Å². The highest BCUT2D eigenvalue weighted by Crippen LogP contribution is 2.31. The van der Waals surface area contributed by atoms with Gasteiger partial charge in [0.1, 0.15) is 11.3 Å². The average Bonchev–Trinajstić information content (AvgIpc) is 3.41. The summed E-state index contributed by atoms with van der Waals surface area (Å²) in [7, 11) is -3.82. The SMILES string of the molecule is CCOC(=O)N1CCN(S(=O)(=O)c2ccc(C(=O)N(CCN(CC)CC)c3nc4c(F)cccc4s3)cc2)CC1.Cl. The Morgan fingerprint density at radius 3 is 2.24 bits per heavy atom. The van der Waals surface area contributed by atoms with E-state index >= 15 is 0 Å². The van der Waals surface area contributed by atoms with E-state index in [9.17, 15) is 22.4 Å². The van der Waals surface area contributed by atoms with Crippen LogP contribution in [0.3, 0.4) is 0 Å². The van der Waals surface area contributed by atoms with E-state index in [-0.39, 0.29) is 61.5 Å². The van der Waals surface area contributed by atoms with Crippen molar-refractivity contribution in [3.05, 3.63) is 53.8 Å². The number of anilines is 1. The second-order valence-electron chi connectivity index (χ2n) is 9.18. The second-order valence-corrected chi connectivity index (χ2v) is 12.1. The van der Waals surface area contributed by atoms with Crippen molar-refractivity contribution in [2.24, 2.45) is 0 Å². The van der Waals surface area contributed by atoms with Crippen molar-refractivity contribution in [2.75, 3.05) is 63.9 Å². The Kier molecular flexibility index (Phi) is 11.4. The molecule has 10 nitrogen and oxygen atoms in total. The van der Waals surface area contributed by atoms with Crippen molar-refractivity contribution >= 4 is 61.1 Å². The number of rotatable bonds is 10. The molecule has 2 heterocycles. The number of hydrogen-bond donors (Lipinski definition) is 0. The first kappa shape index (κ1) is 32.7. The molecule has 0 saturated carbocycles. The van der Waals surface area contributed by atoms with Gasteiger partial charge in [-0.05, 0) is 56.4 Å². The van der Waals surface area contributed by atoms with Crippen LogP contribution < -0.4 is 4.90 Å². The standard InChI is InChI=1S/C27H34FN5O5S2.ClH/c1-4-30(5-2)14-19-33(26-29-24-22(28)8-7-9-23(24)39-26)25(34)20-10-12-21(13-11-20)40(36,37)32-17-15-31(16-18-32)27(35)38-6-3;/h7-13H,4-6,14-19H2,1-3H3;1H. The van der Waals surface area contributed by atoms with E-state index < -0.39 is 21.9 Å². The van der Waals surface area contributed by atoms with Crippen LogP contribution in [-0.2, 0) is 14.8 Å². The van der Waals surface area contributed by atoms with Gasteiger partial charge in [0.05, 0.1) is 16.2 Å². The fourth-order valence-corrected chi connectivity index (χ4v) is 6.91. The van der Waals surface area contributed by atoms with Crippen LogP contribution in [0.15, 0.2) is 47.4 Å². The first-order chi connectivity index (χ1) is 19.2. The topological polar surface area (TPSA) is 103 Å². The molecule has 224 valence electrons. The van der Waals surface area contributed by atoms with E-state index in [1.54, 1.807) is 19.1 Å². The van der Waals surface area contributed by atoms with Gasteiger partial charge in [-0.1, -0.05) is 31.3 Å². The number of benzene rings is 2. The number of halogens is 2. The van der Waals surface area contributed by atoms with Crippen LogP contribution in [0.5, 0.6) is 0 Å². The fourth-order valence-electron chi connectivity index (χ4n) is 4.48. The molecule has 0 aliphatic carbocycles. The quantitative estimate of drug-likeness (QED) is 0.330. The van der Waals surface area contributed by atoms with Gasteiger partial charge in [-0.3, -0.25) is 9.69 Å². The molecule has 14 heteroatoms. The minimum absolute atomic E-state index is 0. The monoisotopic (exact) mass is 627 g/mol. The summed E-state index contributed by atoms with van der Waals surface area (Å²) < 4.78 is 47.8. The Labute approximate surface area is 250 Å². The lowest BCUT2D eigenvalue weighted by Crippen LogP contribution is -2.50. The van der Waals surface area contributed by atoms with E-state index in [4.69, 9.17) is 4.74 Å². The minimum Gasteiger partial charge on any atom is -0.450 e. The molecule has 1 aliphatic rings. The largest absolute Gasteiger partial charge is 0.450 e. The summed E-state index contributed by atoms with van der Waals surface area (Å²) in [6.07, 6.45) is -0.455. The van der Waals surface area contributed by atoms with E-state index in [1.165, 1.54) is 55.8 Å². The van der Waals surface area contributed by atoms with Gasteiger partial charge in [0, 0.05) is 44.8 Å². The van der Waals surface area contributed by atoms with Crippen LogP contribution in [0.4, 0.5) is 14.3 Å². The molecule has 0 N–H and O–H groups in total. The molecule has 1 fully saturated rings. The van der Waals surface area contributed by atoms with Crippen LogP contribution in [0, 0.1) is 5.82 Å². The number of carbonyl (C=O) groups is 2. The van der Waals surface area contributed by atoms with Crippen LogP contribution in [0.1, 0.15) is 31.1 Å². The van der Waals surface area contributed by atoms with Gasteiger partial charge in [0.2, 0.25) is 10.0 Å². The highest BCUT2D eigenvalue weighted by Gasteiger charge is 2.31. The number of likely N-dealkylation sites (N-methyl/N-ethyl adjacent to an activating group) is 1. The van der Waals surface area contributed by atoms with Crippen LogP contribution in [0.2, 0.25) is 0 Å². The maximum Gasteiger partial charge on any atom is 0.409 e. The van der Waals surface area contributed by atoms with Gasteiger partial charge in [0.15, 0.2) is 5.13 Å². The third-order valence-electron chi connectivity index (χ3n) is 6.87. The third kappa shape index (κ3) is 7.33. The zero-order valence-corrected chi connectivity index (χ0v) is 25.7. The molecule has 0 atom stereocenters. The zero-order valence-electron chi connectivity index (χ0n) is 23.3. The lowest BCUT2D eigenvalue weighted by atomic mass is 10.2. The first-order valence-corrected chi connectivity index (χ1v) is 15.6. The minimum atomic E-state index is -3.82. The molecule has 2 aromatic carbocycles. The highest BCUT2D eigenvalue weighted by atomic mass is 35.5. The van der Waals surface area contributed by atoms with Gasteiger partial charge < -0.3 is 14.5 Å². The van der Waals surface area contributed by atoms with Gasteiger partial charge in [-0.15, -0.1) is 12.4 Å². The van der Waals surface area contributed by atoms with Crippen LogP contribution in [-0.4, -0.2) is 98.5 Å². The number of hydrogen-bond acceptors (Lipinski definition) is 8. The molecule has 1 aliphatic heterocycles. The van der Waals surface area contributed by atoms with Gasteiger partial charge >= 0.3 is 6.09 Å². The van der Waals surface area contributed by atoms with Gasteiger partial charge in [-0.25, -0.2) is 22.6 Å². The molecule has 1 aromatic heterocycles. The fraction of sp³-hybridized carbons (Fsp3) is 0.444. The van der Waals surface area contributed by atoms with Gasteiger partial charge in [0.25, 0.3) is 5.91 Å². The summed E-state index contributed by atoms with van der Waals surface area (Å²) in [6.45, 7) is 9.38. The number of nitrogens with zero attached hydrogens (tertiary/aromatic N) is 5. The number of thiazole rings is 1. The van der Waals surface area contributed by atoms with Crippen LogP contribution >= 0.6 is 23.7 Å². The molecule has 0 radical (unpaired) electrons. The van der Waals surface area contributed by atoms with Crippen LogP contribution in [0.25, 0.3) is 10.2 Å². The molecular weight excluding hydrogens is 593 g/mol. The third-order valence-corrected chi connectivity index (χ3v) is 9.83. The molecular formula is C27H35ClFN5O5S2. The Morgan fingerprint density at radius 1 is 1.00 bits per heavy atom. The summed E-state index contributed by atoms with van der Waals surface area (Å²) in [5.74, 6) is -0.799. The number of aromatic nitrogens is 1. The number of amides is 2. The predicted octanol–water partition coefficient (Wildman–Crippen LogP) is 4.31. The zero-order chi connectivity index (χ0) is 28.9. The number of carbonyl (C=O) groups excluding carboxylic acids is 2. The Bertz CT molecular complexity index is 1440. The van der Waals surface area contributed by atoms with Crippen molar-refractivity contribution < 1.29 is 27.1 Å². The van der Waals surface area contributed by atoms with E-state index in [1.807, 2.05) is 13.8 Å². The summed E-state index contributed by atoms with van der Waals surface area (Å²) in [5.41, 5.74) is 0.512. The average molecular weight is 628 g/mol. The first-order valence-electron chi connectivity index (χ1n) is 13.3. The molecule has 41 heavy (non-hydrogen) atoms. The van der Waals surface area contributed by atoms with Crippen molar-refractivity contribution in [3.63, 3.8) is 0 Å². The summed E-state index contributed by atoms with van der Waals surface area (Å²) >= 11 is 1.24. The number of fused-ring (bicyclic) bond motifs is 1. The summed E-state index contributed by atoms with van der Waals surface area (Å²) in [4.78, 5) is 35.3. The Morgan fingerprint density at radius 2 is 1.66 bits per heavy atom. The maximum absolute atomic E-state index is 14.4. The van der Waals surface area contributed by atoms with Gasteiger partial charge in [-0.2, -0.15) is 4.31 Å². The normalized spacial score (nSPS) is 14.2. The molecule has 1 saturated heterocycles. The molecule has 0 unspecified atom stereocenters. The van der Waals surface area contributed by atoms with E-state index in [0.29, 0.717) is 28.5 Å². The highest BCUT2D eigenvalue weighted by molar-refractivity contribution is 7.89. The molecule has 3 aromatic rings. The molecule has 4 rings (SSSR count). The number of sulfonamides is 1. The maximum atomic E-state index is 14.4. The smallest absolute Gasteiger partial charge is 0.409 e. The molecule has 2 amide bonds. The predicted molar refractivity (Wildman–Crippen MR) is 160 cm³/mol. The lowest BCUT2D eigenvalue weighted by Gasteiger charge is -2.33. The molecule has 0 bridgehead atoms. The second kappa shape index (κ2) is 14.4.